The molecule has 0 aliphatic rings. The number of nitrogens with one attached hydrogen (secondary N) is 1. The quantitative estimate of drug-likeness (QED) is 0.890. The maximum atomic E-state index is 12.8. The van der Waals surface area contributed by atoms with Crippen molar-refractivity contribution in [2.75, 3.05) is 0 Å². The molecule has 4 heteroatoms. The maximum Gasteiger partial charge on any atom is 0.251 e. The summed E-state index contributed by atoms with van der Waals surface area (Å²) in [6, 6.07) is 11.8. The molecule has 2 rings (SSSR count). The van der Waals surface area contributed by atoms with Gasteiger partial charge >= 0.3 is 0 Å². The van der Waals surface area contributed by atoms with Crippen molar-refractivity contribution < 1.29 is 14.3 Å². The molecule has 1 amide bonds. The van der Waals surface area contributed by atoms with Gasteiger partial charge in [-0.2, -0.15) is 0 Å². The van der Waals surface area contributed by atoms with Crippen molar-refractivity contribution in [3.63, 3.8) is 0 Å². The van der Waals surface area contributed by atoms with Gasteiger partial charge in [0.15, 0.2) is 0 Å². The van der Waals surface area contributed by atoms with Crippen molar-refractivity contribution >= 4 is 5.91 Å². The van der Waals surface area contributed by atoms with Crippen LogP contribution in [-0.2, 0) is 0 Å². The van der Waals surface area contributed by atoms with Crippen molar-refractivity contribution in [2.45, 2.75) is 13.0 Å². The molecule has 0 bridgehead atoms. The third-order valence-electron chi connectivity index (χ3n) is 2.85. The van der Waals surface area contributed by atoms with E-state index in [1.165, 1.54) is 24.3 Å². The highest BCUT2D eigenvalue weighted by Gasteiger charge is 2.11. The Labute approximate surface area is 110 Å². The molecule has 3 nitrogen and oxygen atoms in total. The predicted molar refractivity (Wildman–Crippen MR) is 70.4 cm³/mol. The van der Waals surface area contributed by atoms with Crippen LogP contribution in [0.15, 0.2) is 48.5 Å². The Morgan fingerprint density at radius 2 is 1.68 bits per heavy atom. The second-order valence-corrected chi connectivity index (χ2v) is 4.29. The number of halogens is 1. The van der Waals surface area contributed by atoms with E-state index in [1.807, 2.05) is 6.92 Å². The van der Waals surface area contributed by atoms with Crippen LogP contribution in [0.3, 0.4) is 0 Å². The molecule has 0 spiro atoms. The van der Waals surface area contributed by atoms with E-state index >= 15 is 0 Å². The number of phenols is 1. The van der Waals surface area contributed by atoms with E-state index in [-0.39, 0.29) is 23.5 Å². The number of hydrogen-bond donors (Lipinski definition) is 2. The fourth-order valence-corrected chi connectivity index (χ4v) is 1.73. The lowest BCUT2D eigenvalue weighted by Gasteiger charge is -2.14. The van der Waals surface area contributed by atoms with Crippen LogP contribution >= 0.6 is 0 Å². The van der Waals surface area contributed by atoms with Crippen LogP contribution in [0.2, 0.25) is 0 Å². The number of benzene rings is 2. The number of aromatic hydroxyl groups is 1. The van der Waals surface area contributed by atoms with Gasteiger partial charge in [-0.3, -0.25) is 4.79 Å². The molecule has 0 radical (unpaired) electrons. The fourth-order valence-electron chi connectivity index (χ4n) is 1.73. The van der Waals surface area contributed by atoms with Gasteiger partial charge < -0.3 is 10.4 Å². The van der Waals surface area contributed by atoms with Crippen molar-refractivity contribution in [1.82, 2.24) is 5.32 Å². The summed E-state index contributed by atoms with van der Waals surface area (Å²) in [5.74, 6) is -0.454. The molecule has 98 valence electrons. The Hall–Kier alpha value is -2.36. The summed E-state index contributed by atoms with van der Waals surface area (Å²) in [6.07, 6.45) is 0. The van der Waals surface area contributed by atoms with E-state index in [9.17, 15) is 14.3 Å². The molecular weight excluding hydrogens is 245 g/mol. The van der Waals surface area contributed by atoms with Crippen LogP contribution < -0.4 is 5.32 Å². The Morgan fingerprint density at radius 3 is 2.26 bits per heavy atom. The molecule has 0 saturated heterocycles. The summed E-state index contributed by atoms with van der Waals surface area (Å²) in [4.78, 5) is 11.9. The van der Waals surface area contributed by atoms with Crippen LogP contribution in [0.4, 0.5) is 4.39 Å². The molecule has 0 fully saturated rings. The molecule has 1 unspecified atom stereocenters. The van der Waals surface area contributed by atoms with Gasteiger partial charge in [-0.25, -0.2) is 4.39 Å². The number of phenolic OH excluding ortho intramolecular Hbond substituents is 1. The van der Waals surface area contributed by atoms with E-state index in [0.29, 0.717) is 5.56 Å². The van der Waals surface area contributed by atoms with Crippen molar-refractivity contribution in [1.29, 1.82) is 0 Å². The van der Waals surface area contributed by atoms with Gasteiger partial charge in [0.25, 0.3) is 5.91 Å². The summed E-state index contributed by atoms with van der Waals surface area (Å²) in [5, 5.41) is 12.0. The van der Waals surface area contributed by atoms with Gasteiger partial charge in [0.1, 0.15) is 11.6 Å². The third-order valence-corrected chi connectivity index (χ3v) is 2.85. The van der Waals surface area contributed by atoms with E-state index in [4.69, 9.17) is 0 Å². The van der Waals surface area contributed by atoms with Crippen LogP contribution in [0.1, 0.15) is 28.9 Å². The van der Waals surface area contributed by atoms with Crippen LogP contribution in [-0.4, -0.2) is 11.0 Å². The first-order valence-corrected chi connectivity index (χ1v) is 5.91. The van der Waals surface area contributed by atoms with E-state index in [0.717, 1.165) is 5.56 Å². The minimum Gasteiger partial charge on any atom is -0.508 e. The van der Waals surface area contributed by atoms with Gasteiger partial charge in [0.2, 0.25) is 0 Å². The largest absolute Gasteiger partial charge is 0.508 e. The molecule has 2 aromatic carbocycles. The molecule has 0 heterocycles. The first-order valence-electron chi connectivity index (χ1n) is 5.91. The highest BCUT2D eigenvalue weighted by Crippen LogP contribution is 2.17. The normalized spacial score (nSPS) is 11.9. The molecule has 0 saturated carbocycles. The highest BCUT2D eigenvalue weighted by atomic mass is 19.1. The summed E-state index contributed by atoms with van der Waals surface area (Å²) >= 11 is 0. The smallest absolute Gasteiger partial charge is 0.251 e. The van der Waals surface area contributed by atoms with Crippen LogP contribution in [0.5, 0.6) is 5.75 Å². The molecule has 1 atom stereocenters. The summed E-state index contributed by atoms with van der Waals surface area (Å²) < 4.78 is 12.8. The fraction of sp³-hybridized carbons (Fsp3) is 0.133. The summed E-state index contributed by atoms with van der Waals surface area (Å²) in [7, 11) is 0. The molecule has 2 aromatic rings. The SMILES string of the molecule is CC(NC(=O)c1ccc(F)cc1)c1ccc(O)cc1. The zero-order valence-corrected chi connectivity index (χ0v) is 10.4. The number of rotatable bonds is 3. The van der Waals surface area contributed by atoms with Gasteiger partial charge in [-0.15, -0.1) is 0 Å². The highest BCUT2D eigenvalue weighted by molar-refractivity contribution is 5.94. The van der Waals surface area contributed by atoms with Gasteiger partial charge in [0, 0.05) is 5.56 Å². The maximum absolute atomic E-state index is 12.8. The Kier molecular flexibility index (Phi) is 3.80. The lowest BCUT2D eigenvalue weighted by Crippen LogP contribution is -2.26. The average Bonchev–Trinajstić information content (AvgIpc) is 2.40. The number of amides is 1. The molecule has 2 N–H and O–H groups in total. The van der Waals surface area contributed by atoms with Crippen LogP contribution in [0.25, 0.3) is 0 Å². The summed E-state index contributed by atoms with van der Waals surface area (Å²) in [5.41, 5.74) is 1.29. The monoisotopic (exact) mass is 259 g/mol. The first-order chi connectivity index (χ1) is 9.06. The minimum atomic E-state index is -0.372. The van der Waals surface area contributed by atoms with Gasteiger partial charge in [-0.1, -0.05) is 12.1 Å². The van der Waals surface area contributed by atoms with Gasteiger partial charge in [0.05, 0.1) is 6.04 Å². The number of carbonyl (C=O) groups is 1. The predicted octanol–water partition coefficient (Wildman–Crippen LogP) is 3.02. The van der Waals surface area contributed by atoms with Crippen molar-refractivity contribution in [2.24, 2.45) is 0 Å². The Bertz CT molecular complexity index is 564. The molecule has 0 aliphatic carbocycles. The molecule has 19 heavy (non-hydrogen) atoms. The van der Waals surface area contributed by atoms with E-state index in [1.54, 1.807) is 24.3 Å². The summed E-state index contributed by atoms with van der Waals surface area (Å²) in [6.45, 7) is 1.84. The van der Waals surface area contributed by atoms with E-state index in [2.05, 4.69) is 5.32 Å². The van der Waals surface area contributed by atoms with Crippen molar-refractivity contribution in [3.05, 3.63) is 65.5 Å². The number of hydrogen-bond acceptors (Lipinski definition) is 2. The topological polar surface area (TPSA) is 49.3 Å². The van der Waals surface area contributed by atoms with E-state index < -0.39 is 0 Å². The first kappa shape index (κ1) is 13.1. The second kappa shape index (κ2) is 5.52. The molecule has 0 aliphatic heterocycles. The standard InChI is InChI=1S/C15H14FNO2/c1-10(11-4-8-14(18)9-5-11)17-15(19)12-2-6-13(16)7-3-12/h2-10,18H,1H3,(H,17,19). The zero-order valence-electron chi connectivity index (χ0n) is 10.4. The molecule has 0 aromatic heterocycles. The average molecular weight is 259 g/mol. The minimum absolute atomic E-state index is 0.181. The Morgan fingerprint density at radius 1 is 1.11 bits per heavy atom. The second-order valence-electron chi connectivity index (χ2n) is 4.29. The van der Waals surface area contributed by atoms with Gasteiger partial charge in [-0.05, 0) is 48.9 Å². The molecular formula is C15H14FNO2. The Balaban J connectivity index is 2.06. The lowest BCUT2D eigenvalue weighted by molar-refractivity contribution is 0.0940. The van der Waals surface area contributed by atoms with Crippen molar-refractivity contribution in [3.8, 4) is 5.75 Å². The number of carbonyl (C=O) groups excluding carboxylic acids is 1. The lowest BCUT2D eigenvalue weighted by atomic mass is 10.1. The third kappa shape index (κ3) is 3.31. The zero-order chi connectivity index (χ0) is 13.8. The van der Waals surface area contributed by atoms with Crippen LogP contribution in [0, 0.1) is 5.82 Å².